The normalized spacial score (nSPS) is 23.1. The van der Waals surface area contributed by atoms with Gasteiger partial charge < -0.3 is 13.9 Å². The summed E-state index contributed by atoms with van der Waals surface area (Å²) in [4.78, 5) is 5.06. The molecule has 11 aromatic carbocycles. The van der Waals surface area contributed by atoms with Crippen molar-refractivity contribution in [3.63, 3.8) is 0 Å². The Bertz CT molecular complexity index is 6790. The molecule has 0 spiro atoms. The maximum absolute atomic E-state index is 10.4. The number of imidazole rings is 1. The van der Waals surface area contributed by atoms with Crippen molar-refractivity contribution < 1.29 is 81.1 Å². The van der Waals surface area contributed by atoms with Crippen LogP contribution in [0.1, 0.15) is 153 Å². The molecule has 0 bridgehead atoms. The topological polar surface area (TPSA) is 35.9 Å². The molecule has 0 aliphatic heterocycles. The fraction of sp³-hybridized carbons (Fsp3) is 0.182. The van der Waals surface area contributed by atoms with Gasteiger partial charge >= 0.3 is 0 Å². The van der Waals surface area contributed by atoms with Crippen LogP contribution in [0.15, 0.2) is 261 Å². The van der Waals surface area contributed by atoms with Gasteiger partial charge in [-0.25, -0.2) is 4.98 Å². The maximum atomic E-state index is 10.4. The Labute approximate surface area is 626 Å². The third kappa shape index (κ3) is 10.4. The molecule has 2 aliphatic rings. The molecular weight excluding hydrogens is 1350 g/mol. The molecule has 2 aliphatic carbocycles. The molecule has 0 saturated heterocycles. The molecule has 0 amide bonds. The molecule has 3 aromatic heterocycles. The second-order valence-corrected chi connectivity index (χ2v) is 27.5. The second kappa shape index (κ2) is 23.5. The summed E-state index contributed by atoms with van der Waals surface area (Å²) >= 11 is 0. The largest absolute Gasteiger partial charge is 0.510 e. The summed E-state index contributed by atoms with van der Waals surface area (Å²) in [6.07, 6.45) is -6.76. The van der Waals surface area contributed by atoms with Gasteiger partial charge in [-0.3, -0.25) is 4.57 Å². The van der Waals surface area contributed by atoms with Crippen molar-refractivity contribution in [1.29, 1.82) is 0 Å². The SMILES string of the molecule is [2H]c1c([2H])c2c(c([2H])c1-c1cccc(-c3c([2H])c([2H])c4c(c3[2H])C(C([2H])([2H])[2H])(C([2H])([2H])[2H])C([2H])([2H])C([2H])([2H])C4(C([2H])([2H])[2H])C([2H])([2H])[2H])c1-[n+]1[c-]n(-c3[c-]c(Oc4[c-]c5c(cc4)c4ccccc4n5-c4cc(C([2H])([2H])[2H])c(-c5cccc([Si](c6ccccc6)(c6ccccc6)c6ccccc6)c5)cn4)ccc3)c3ccccc31)C(C([2H])([2H])[2H])(C([2H])([2H])[2H])CC2(C([2H])([2H])[2H])C([2H])([2H])[2H].[Pt]. The number of fused-ring (bicyclic) bond motifs is 6. The summed E-state index contributed by atoms with van der Waals surface area (Å²) in [7, 11) is -3.14. The quantitative estimate of drug-likeness (QED) is 0.0529. The summed E-state index contributed by atoms with van der Waals surface area (Å²) < 4.78 is 354. The minimum Gasteiger partial charge on any atom is -0.510 e. The number of rotatable bonds is 12. The Morgan fingerprint density at radius 1 is 0.505 bits per heavy atom. The number of hydrogen-bond acceptors (Lipinski definition) is 2. The number of hydrogen-bond donors (Lipinski definition) is 0. The molecule has 0 saturated carbocycles. The van der Waals surface area contributed by atoms with Crippen molar-refractivity contribution in [2.24, 2.45) is 0 Å². The minimum atomic E-state index is -4.82. The van der Waals surface area contributed by atoms with Crippen molar-refractivity contribution in [2.45, 2.75) is 102 Å². The number of nitrogens with zero attached hydrogens (tertiary/aromatic N) is 4. The number of benzene rings is 11. The van der Waals surface area contributed by atoms with E-state index >= 15 is 0 Å². The number of ether oxygens (including phenoxy) is 1. The summed E-state index contributed by atoms with van der Waals surface area (Å²) in [6.45, 7) is -36.8. The molecule has 7 heteroatoms. The van der Waals surface area contributed by atoms with E-state index in [9.17, 15) is 17.8 Å². The van der Waals surface area contributed by atoms with Crippen LogP contribution >= 0.6 is 0 Å². The smallest absolute Gasteiger partial charge is 0.268 e. The van der Waals surface area contributed by atoms with Crippen LogP contribution in [-0.4, -0.2) is 22.2 Å². The molecule has 14 aromatic rings. The zero-order chi connectivity index (χ0) is 95.6. The zero-order valence-electron chi connectivity index (χ0n) is 87.1. The second-order valence-electron chi connectivity index (χ2n) is 23.7. The fourth-order valence-electron chi connectivity index (χ4n) is 13.5. The van der Waals surface area contributed by atoms with Gasteiger partial charge in [-0.15, -0.1) is 29.7 Å². The van der Waals surface area contributed by atoms with E-state index in [1.807, 2.05) is 84.9 Å². The van der Waals surface area contributed by atoms with Crippen LogP contribution < -0.4 is 30.1 Å². The number of pyridine rings is 1. The Morgan fingerprint density at radius 2 is 1.06 bits per heavy atom. The van der Waals surface area contributed by atoms with E-state index in [1.165, 1.54) is 53.1 Å². The Hall–Kier alpha value is -9.45. The monoisotopic (exact) mass is 1460 g/mol. The van der Waals surface area contributed by atoms with Gasteiger partial charge in [0.25, 0.3) is 6.33 Å². The van der Waals surface area contributed by atoms with Crippen molar-refractivity contribution in [3.8, 4) is 62.1 Å². The Morgan fingerprint density at radius 3 is 1.73 bits per heavy atom. The van der Waals surface area contributed by atoms with Gasteiger partial charge in [-0.1, -0.05) is 273 Å². The van der Waals surface area contributed by atoms with Gasteiger partial charge in [-0.2, -0.15) is 18.2 Å². The van der Waals surface area contributed by atoms with E-state index in [-0.39, 0.29) is 60.7 Å². The number of aryl methyl sites for hydroxylation is 1. The molecule has 470 valence electrons. The maximum Gasteiger partial charge on any atom is 0.268 e. The fourth-order valence-corrected chi connectivity index (χ4v) is 18.3. The van der Waals surface area contributed by atoms with Gasteiger partial charge in [-0.05, 0) is 147 Å². The van der Waals surface area contributed by atoms with E-state index in [0.29, 0.717) is 32.9 Å². The predicted molar refractivity (Wildman–Crippen MR) is 391 cm³/mol. The van der Waals surface area contributed by atoms with E-state index in [2.05, 4.69) is 67.0 Å². The summed E-state index contributed by atoms with van der Waals surface area (Å²) in [5.74, 6) is 0.182. The molecule has 5 nitrogen and oxygen atoms in total. The molecule has 0 atom stereocenters. The van der Waals surface area contributed by atoms with Gasteiger partial charge in [0, 0.05) is 92.3 Å². The molecule has 0 N–H and O–H groups in total. The first-order valence-electron chi connectivity index (χ1n) is 48.6. The molecule has 0 fully saturated rings. The molecule has 0 unspecified atom stereocenters. The van der Waals surface area contributed by atoms with E-state index in [4.69, 9.17) is 42.6 Å². The standard InChI is InChI=1S/C88H76N4OSi.Pt/c1-59-50-83(89-56-74(59)60-26-23-35-69(51-60)94(66-29-13-10-14-30-66,67-31-15-11-16-32-67)68-33-17-12-18-34-68)92-79-39-20-19-36-72(79)73-45-44-65(55-82(73)92)93-64-28-24-27-63(54-64)90-58-91(81-41-22-21-40-80(81)90)84-70(61-42-46-75-77(52-61)86(4,5)49-48-85(75,2)3)37-25-38-71(84)62-43-47-76-78(53-62)88(8,9)57-87(76,6)7;/h10-47,50-53,56H,48-49,57H2,1-9H3;/q-2;/i1D3,2D3,3D3,4D3,5D3,6D3,7D3,8D3,9D3,42D,43D,46D,47D,48D2,49D2,52D,53D;. The van der Waals surface area contributed by atoms with Crippen LogP contribution in [-0.2, 0) is 42.7 Å². The number of aromatic nitrogens is 4. The average molecular weight is 1470 g/mol. The van der Waals surface area contributed by atoms with Crippen LogP contribution in [0.3, 0.4) is 0 Å². The third-order valence-electron chi connectivity index (χ3n) is 17.7. The van der Waals surface area contributed by atoms with Crippen LogP contribution in [0.4, 0.5) is 0 Å². The van der Waals surface area contributed by atoms with E-state index in [0.717, 1.165) is 43.5 Å². The first-order valence-corrected chi connectivity index (χ1v) is 32.1. The Kier molecular flexibility index (Phi) is 8.10. The van der Waals surface area contributed by atoms with E-state index < -0.39 is 197 Å². The molecule has 95 heavy (non-hydrogen) atoms. The van der Waals surface area contributed by atoms with Gasteiger partial charge in [0.1, 0.15) is 5.82 Å². The Balaban J connectivity index is 0.0000133. The average Bonchev–Trinajstić information content (AvgIpc) is 0.762. The third-order valence-corrected chi connectivity index (χ3v) is 22.4. The molecule has 16 rings (SSSR count). The summed E-state index contributed by atoms with van der Waals surface area (Å²) in [5, 5.41) is 5.60. The minimum absolute atomic E-state index is 0. The molecular formula is C88H76N4OPtSi-2. The van der Waals surface area contributed by atoms with Crippen LogP contribution in [0, 0.1) is 25.3 Å². The van der Waals surface area contributed by atoms with E-state index in [1.54, 1.807) is 29.0 Å². The van der Waals surface area contributed by atoms with Gasteiger partial charge in [0.05, 0.1) is 24.9 Å². The summed E-state index contributed by atoms with van der Waals surface area (Å²) in [5.41, 5.74) is -25.8. The zero-order valence-corrected chi connectivity index (χ0v) is 53.4. The first kappa shape index (κ1) is 32.8. The summed E-state index contributed by atoms with van der Waals surface area (Å²) in [6, 6.07) is 61.5. The van der Waals surface area contributed by atoms with Crippen LogP contribution in [0.25, 0.3) is 83.4 Å². The number of para-hydroxylation sites is 4. The van der Waals surface area contributed by atoms with Crippen LogP contribution in [0.2, 0.25) is 0 Å². The van der Waals surface area contributed by atoms with Crippen molar-refractivity contribution >= 4 is 61.7 Å². The first-order chi connectivity index (χ1) is 60.7. The van der Waals surface area contributed by atoms with Crippen molar-refractivity contribution in [3.05, 3.63) is 307 Å². The van der Waals surface area contributed by atoms with Crippen molar-refractivity contribution in [2.75, 3.05) is 0 Å². The van der Waals surface area contributed by atoms with Crippen molar-refractivity contribution in [1.82, 2.24) is 14.1 Å². The van der Waals surface area contributed by atoms with Crippen LogP contribution in [0.5, 0.6) is 11.5 Å². The van der Waals surface area contributed by atoms with Gasteiger partial charge in [0.2, 0.25) is 0 Å². The predicted octanol–water partition coefficient (Wildman–Crippen LogP) is 18.6. The molecule has 0 radical (unpaired) electrons. The van der Waals surface area contributed by atoms with Gasteiger partial charge in [0.15, 0.2) is 8.07 Å². The molecule has 3 heterocycles.